The highest BCUT2D eigenvalue weighted by molar-refractivity contribution is 6.04. The van der Waals surface area contributed by atoms with Gasteiger partial charge in [0.1, 0.15) is 5.75 Å². The lowest BCUT2D eigenvalue weighted by Crippen LogP contribution is -2.26. The first kappa shape index (κ1) is 15.1. The second kappa shape index (κ2) is 6.24. The molecule has 0 bridgehead atoms. The summed E-state index contributed by atoms with van der Waals surface area (Å²) < 4.78 is 5.23. The Morgan fingerprint density at radius 2 is 2.04 bits per heavy atom. The summed E-state index contributed by atoms with van der Waals surface area (Å²) in [6.45, 7) is 0. The SMILES string of the molecule is O=C(c1ccco1)N1N=C(c2cccnc2)C[C@H]1c1ccccc1O. The standard InChI is InChI=1S/C19H15N3O3/c23-17-7-2-1-6-14(17)16-11-15(13-5-3-9-20-12-13)21-22(16)19(24)18-8-4-10-25-18/h1-10,12,16,23H,11H2/t16-/m0/s1. The molecule has 4 rings (SSSR count). The van der Waals surface area contributed by atoms with Gasteiger partial charge in [0.05, 0.1) is 18.0 Å². The van der Waals surface area contributed by atoms with E-state index >= 15 is 0 Å². The lowest BCUT2D eigenvalue weighted by atomic mass is 9.98. The van der Waals surface area contributed by atoms with E-state index in [1.165, 1.54) is 11.3 Å². The number of para-hydroxylation sites is 1. The number of hydrogen-bond donors (Lipinski definition) is 1. The molecule has 0 aliphatic carbocycles. The van der Waals surface area contributed by atoms with E-state index in [4.69, 9.17) is 4.42 Å². The summed E-state index contributed by atoms with van der Waals surface area (Å²) in [6, 6.07) is 13.5. The van der Waals surface area contributed by atoms with Gasteiger partial charge in [-0.15, -0.1) is 0 Å². The molecule has 124 valence electrons. The van der Waals surface area contributed by atoms with E-state index in [0.29, 0.717) is 12.0 Å². The maximum absolute atomic E-state index is 12.8. The van der Waals surface area contributed by atoms with Crippen molar-refractivity contribution in [3.05, 3.63) is 84.1 Å². The number of phenols is 1. The summed E-state index contributed by atoms with van der Waals surface area (Å²) in [7, 11) is 0. The summed E-state index contributed by atoms with van der Waals surface area (Å²) in [5, 5.41) is 16.1. The summed E-state index contributed by atoms with van der Waals surface area (Å²) in [6.07, 6.45) is 5.33. The fourth-order valence-electron chi connectivity index (χ4n) is 2.93. The van der Waals surface area contributed by atoms with Crippen LogP contribution in [0.25, 0.3) is 0 Å². The predicted molar refractivity (Wildman–Crippen MR) is 91.1 cm³/mol. The maximum Gasteiger partial charge on any atom is 0.310 e. The molecule has 0 radical (unpaired) electrons. The van der Waals surface area contributed by atoms with Gasteiger partial charge in [-0.1, -0.05) is 24.3 Å². The number of phenolic OH excluding ortho intramolecular Hbond substituents is 1. The number of hydrogen-bond acceptors (Lipinski definition) is 5. The number of aromatic nitrogens is 1. The molecule has 1 aromatic carbocycles. The molecule has 25 heavy (non-hydrogen) atoms. The highest BCUT2D eigenvalue weighted by atomic mass is 16.3. The number of furan rings is 1. The molecule has 1 atom stereocenters. The van der Waals surface area contributed by atoms with Gasteiger partial charge in [0, 0.05) is 29.9 Å². The number of carbonyl (C=O) groups is 1. The van der Waals surface area contributed by atoms with Crippen LogP contribution in [0.5, 0.6) is 5.75 Å². The highest BCUT2D eigenvalue weighted by Crippen LogP contribution is 2.37. The van der Waals surface area contributed by atoms with Gasteiger partial charge < -0.3 is 9.52 Å². The molecule has 1 aliphatic heterocycles. The Kier molecular flexibility index (Phi) is 3.78. The zero-order valence-electron chi connectivity index (χ0n) is 13.2. The van der Waals surface area contributed by atoms with Crippen LogP contribution in [0.3, 0.4) is 0 Å². The van der Waals surface area contributed by atoms with Gasteiger partial charge in [-0.25, -0.2) is 5.01 Å². The van der Waals surface area contributed by atoms with Crippen molar-refractivity contribution in [2.45, 2.75) is 12.5 Å². The first-order valence-corrected chi connectivity index (χ1v) is 7.87. The summed E-state index contributed by atoms with van der Waals surface area (Å²) in [5.41, 5.74) is 2.23. The van der Waals surface area contributed by atoms with Crippen molar-refractivity contribution in [3.63, 3.8) is 0 Å². The third-order valence-corrected chi connectivity index (χ3v) is 4.14. The van der Waals surface area contributed by atoms with Gasteiger partial charge in [-0.05, 0) is 24.3 Å². The van der Waals surface area contributed by atoms with Crippen molar-refractivity contribution in [1.29, 1.82) is 0 Å². The number of aromatic hydroxyl groups is 1. The lowest BCUT2D eigenvalue weighted by Gasteiger charge is -2.21. The Morgan fingerprint density at radius 1 is 1.16 bits per heavy atom. The summed E-state index contributed by atoms with van der Waals surface area (Å²) in [4.78, 5) is 16.9. The van der Waals surface area contributed by atoms with E-state index in [-0.39, 0.29) is 17.4 Å². The third kappa shape index (κ3) is 2.78. The molecule has 0 unspecified atom stereocenters. The molecule has 0 fully saturated rings. The number of pyridine rings is 1. The van der Waals surface area contributed by atoms with Gasteiger partial charge in [0.2, 0.25) is 0 Å². The Balaban J connectivity index is 1.75. The fraction of sp³-hybridized carbons (Fsp3) is 0.105. The number of amides is 1. The van der Waals surface area contributed by atoms with Gasteiger partial charge in [0.15, 0.2) is 5.76 Å². The minimum atomic E-state index is -0.408. The second-order valence-electron chi connectivity index (χ2n) is 5.69. The summed E-state index contributed by atoms with van der Waals surface area (Å²) in [5.74, 6) is -0.0128. The van der Waals surface area contributed by atoms with E-state index in [0.717, 1.165) is 11.3 Å². The number of hydrazone groups is 1. The first-order valence-electron chi connectivity index (χ1n) is 7.87. The van der Waals surface area contributed by atoms with E-state index in [2.05, 4.69) is 10.1 Å². The molecule has 2 aromatic heterocycles. The lowest BCUT2D eigenvalue weighted by molar-refractivity contribution is 0.0677. The molecule has 3 aromatic rings. The fourth-order valence-corrected chi connectivity index (χ4v) is 2.93. The minimum Gasteiger partial charge on any atom is -0.508 e. The number of benzene rings is 1. The largest absolute Gasteiger partial charge is 0.508 e. The van der Waals surface area contributed by atoms with Crippen molar-refractivity contribution in [1.82, 2.24) is 9.99 Å². The monoisotopic (exact) mass is 333 g/mol. The smallest absolute Gasteiger partial charge is 0.310 e. The molecule has 1 N–H and O–H groups in total. The highest BCUT2D eigenvalue weighted by Gasteiger charge is 2.35. The van der Waals surface area contributed by atoms with E-state index in [1.807, 2.05) is 18.2 Å². The molecule has 1 aliphatic rings. The molecule has 0 saturated carbocycles. The van der Waals surface area contributed by atoms with Crippen molar-refractivity contribution in [2.75, 3.05) is 0 Å². The van der Waals surface area contributed by atoms with Crippen molar-refractivity contribution in [2.24, 2.45) is 5.10 Å². The quantitative estimate of drug-likeness (QED) is 0.797. The molecule has 6 heteroatoms. The molecular weight excluding hydrogens is 318 g/mol. The van der Waals surface area contributed by atoms with Crippen LogP contribution in [0.15, 0.2) is 76.7 Å². The van der Waals surface area contributed by atoms with Crippen LogP contribution < -0.4 is 0 Å². The van der Waals surface area contributed by atoms with Crippen molar-refractivity contribution >= 4 is 11.6 Å². The van der Waals surface area contributed by atoms with Gasteiger partial charge in [-0.2, -0.15) is 5.10 Å². The normalized spacial score (nSPS) is 16.7. The predicted octanol–water partition coefficient (Wildman–Crippen LogP) is 3.37. The van der Waals surface area contributed by atoms with Gasteiger partial charge >= 0.3 is 5.91 Å². The molecule has 6 nitrogen and oxygen atoms in total. The molecule has 1 amide bonds. The maximum atomic E-state index is 12.8. The number of rotatable bonds is 3. The van der Waals surface area contributed by atoms with Crippen LogP contribution >= 0.6 is 0 Å². The average molecular weight is 333 g/mol. The topological polar surface area (TPSA) is 78.9 Å². The van der Waals surface area contributed by atoms with Crippen LogP contribution in [0.4, 0.5) is 0 Å². The molecule has 0 saturated heterocycles. The zero-order chi connectivity index (χ0) is 17.2. The zero-order valence-corrected chi connectivity index (χ0v) is 13.2. The van der Waals surface area contributed by atoms with E-state index < -0.39 is 6.04 Å². The van der Waals surface area contributed by atoms with Crippen LogP contribution in [0, 0.1) is 0 Å². The third-order valence-electron chi connectivity index (χ3n) is 4.14. The second-order valence-corrected chi connectivity index (χ2v) is 5.69. The number of carbonyl (C=O) groups excluding carboxylic acids is 1. The van der Waals surface area contributed by atoms with E-state index in [9.17, 15) is 9.90 Å². The van der Waals surface area contributed by atoms with Crippen molar-refractivity contribution < 1.29 is 14.3 Å². The van der Waals surface area contributed by atoms with Crippen LogP contribution in [0.1, 0.15) is 34.1 Å². The Hall–Kier alpha value is -3.41. The van der Waals surface area contributed by atoms with Crippen LogP contribution in [0.2, 0.25) is 0 Å². The Morgan fingerprint density at radius 3 is 2.76 bits per heavy atom. The molecule has 0 spiro atoms. The van der Waals surface area contributed by atoms with Gasteiger partial charge in [-0.3, -0.25) is 9.78 Å². The van der Waals surface area contributed by atoms with Crippen LogP contribution in [-0.4, -0.2) is 26.7 Å². The Labute approximate surface area is 144 Å². The Bertz CT molecular complexity index is 920. The summed E-state index contributed by atoms with van der Waals surface area (Å²) >= 11 is 0. The van der Waals surface area contributed by atoms with Crippen LogP contribution in [-0.2, 0) is 0 Å². The average Bonchev–Trinajstić information content (AvgIpc) is 3.32. The first-order chi connectivity index (χ1) is 12.2. The molecular formula is C19H15N3O3. The van der Waals surface area contributed by atoms with Gasteiger partial charge in [0.25, 0.3) is 0 Å². The minimum absolute atomic E-state index is 0.132. The molecule has 3 heterocycles. The van der Waals surface area contributed by atoms with Crippen molar-refractivity contribution in [3.8, 4) is 5.75 Å². The van der Waals surface area contributed by atoms with E-state index in [1.54, 1.807) is 42.7 Å². The number of nitrogens with zero attached hydrogens (tertiary/aromatic N) is 3.